The molecule has 0 bridgehead atoms. The van der Waals surface area contributed by atoms with Gasteiger partial charge in [0.2, 0.25) is 0 Å². The number of aromatic nitrogens is 1. The molecule has 1 atom stereocenters. The van der Waals surface area contributed by atoms with Gasteiger partial charge in [0.1, 0.15) is 0 Å². The molecule has 108 valence electrons. The van der Waals surface area contributed by atoms with Crippen molar-refractivity contribution in [2.75, 3.05) is 13.1 Å². The van der Waals surface area contributed by atoms with Gasteiger partial charge in [0.25, 0.3) is 5.91 Å². The number of nitrogens with zero attached hydrogens (tertiary/aromatic N) is 2. The molecular formula is C15H20N2O3. The van der Waals surface area contributed by atoms with Crippen LogP contribution in [0.15, 0.2) is 18.3 Å². The van der Waals surface area contributed by atoms with Crippen molar-refractivity contribution in [2.24, 2.45) is 5.41 Å². The first kappa shape index (κ1) is 14.5. The van der Waals surface area contributed by atoms with Crippen molar-refractivity contribution in [1.29, 1.82) is 0 Å². The van der Waals surface area contributed by atoms with Crippen LogP contribution in [0.4, 0.5) is 0 Å². The molecule has 1 aliphatic rings. The lowest BCUT2D eigenvalue weighted by molar-refractivity contribution is -0.148. The summed E-state index contributed by atoms with van der Waals surface area (Å²) in [6.45, 7) is 4.56. The number of carboxylic acids is 1. The Kier molecular flexibility index (Phi) is 4.06. The van der Waals surface area contributed by atoms with E-state index in [1.807, 2.05) is 6.92 Å². The standard InChI is InChI=1S/C15H20N2O3/c1-3-6-15(14(19)20)7-9-17(10-15)13(18)12-5-4-8-16-11(12)2/h4-5,8H,3,6-7,9-10H2,1-2H3,(H,19,20). The Balaban J connectivity index is 2.19. The lowest BCUT2D eigenvalue weighted by atomic mass is 9.83. The third-order valence-electron chi connectivity index (χ3n) is 4.06. The maximum Gasteiger partial charge on any atom is 0.311 e. The van der Waals surface area contributed by atoms with Crippen LogP contribution in [0.3, 0.4) is 0 Å². The zero-order chi connectivity index (χ0) is 14.8. The summed E-state index contributed by atoms with van der Waals surface area (Å²) >= 11 is 0. The maximum absolute atomic E-state index is 12.5. The summed E-state index contributed by atoms with van der Waals surface area (Å²) in [5.41, 5.74) is 0.464. The van der Waals surface area contributed by atoms with Crippen molar-refractivity contribution in [3.8, 4) is 0 Å². The monoisotopic (exact) mass is 276 g/mol. The second-order valence-electron chi connectivity index (χ2n) is 5.45. The molecule has 1 fully saturated rings. The van der Waals surface area contributed by atoms with E-state index in [9.17, 15) is 14.7 Å². The minimum Gasteiger partial charge on any atom is -0.481 e. The molecule has 2 heterocycles. The predicted octanol–water partition coefficient (Wildman–Crippen LogP) is 2.11. The Labute approximate surface area is 118 Å². The number of hydrogen-bond donors (Lipinski definition) is 1. The van der Waals surface area contributed by atoms with Gasteiger partial charge >= 0.3 is 5.97 Å². The molecule has 1 amide bonds. The quantitative estimate of drug-likeness (QED) is 0.914. The van der Waals surface area contributed by atoms with Crippen molar-refractivity contribution in [3.63, 3.8) is 0 Å². The third-order valence-corrected chi connectivity index (χ3v) is 4.06. The number of carbonyl (C=O) groups is 2. The molecule has 0 aliphatic carbocycles. The van der Waals surface area contributed by atoms with E-state index in [2.05, 4.69) is 4.98 Å². The Hall–Kier alpha value is -1.91. The number of likely N-dealkylation sites (tertiary alicyclic amines) is 1. The van der Waals surface area contributed by atoms with E-state index in [4.69, 9.17) is 0 Å². The van der Waals surface area contributed by atoms with Crippen LogP contribution in [0.25, 0.3) is 0 Å². The topological polar surface area (TPSA) is 70.5 Å². The van der Waals surface area contributed by atoms with Crippen molar-refractivity contribution in [2.45, 2.75) is 33.1 Å². The largest absolute Gasteiger partial charge is 0.481 e. The Morgan fingerprint density at radius 3 is 2.85 bits per heavy atom. The third kappa shape index (κ3) is 2.53. The minimum atomic E-state index is -0.794. The van der Waals surface area contributed by atoms with Crippen LogP contribution in [0.2, 0.25) is 0 Å². The molecule has 1 unspecified atom stereocenters. The van der Waals surface area contributed by atoms with Gasteiger partial charge in [-0.2, -0.15) is 0 Å². The first-order valence-electron chi connectivity index (χ1n) is 6.94. The number of aliphatic carboxylic acids is 1. The summed E-state index contributed by atoms with van der Waals surface area (Å²) in [5, 5.41) is 9.47. The average molecular weight is 276 g/mol. The number of aryl methyl sites for hydroxylation is 1. The highest BCUT2D eigenvalue weighted by molar-refractivity contribution is 5.96. The molecule has 1 aromatic heterocycles. The molecule has 2 rings (SSSR count). The molecule has 0 spiro atoms. The van der Waals surface area contributed by atoms with E-state index in [1.165, 1.54) is 0 Å². The van der Waals surface area contributed by atoms with Crippen LogP contribution in [-0.4, -0.2) is 40.0 Å². The fourth-order valence-corrected chi connectivity index (χ4v) is 2.89. The van der Waals surface area contributed by atoms with E-state index in [0.717, 1.165) is 6.42 Å². The molecule has 0 radical (unpaired) electrons. The summed E-state index contributed by atoms with van der Waals surface area (Å²) in [6, 6.07) is 3.47. The highest BCUT2D eigenvalue weighted by Gasteiger charge is 2.45. The highest BCUT2D eigenvalue weighted by Crippen LogP contribution is 2.36. The number of carbonyl (C=O) groups excluding carboxylic acids is 1. The van der Waals surface area contributed by atoms with Crippen LogP contribution in [0.5, 0.6) is 0 Å². The smallest absolute Gasteiger partial charge is 0.311 e. The van der Waals surface area contributed by atoms with E-state index >= 15 is 0 Å². The van der Waals surface area contributed by atoms with Gasteiger partial charge in [-0.1, -0.05) is 13.3 Å². The summed E-state index contributed by atoms with van der Waals surface area (Å²) in [7, 11) is 0. The average Bonchev–Trinajstić information content (AvgIpc) is 2.85. The molecule has 1 aromatic rings. The van der Waals surface area contributed by atoms with E-state index in [0.29, 0.717) is 37.2 Å². The van der Waals surface area contributed by atoms with E-state index < -0.39 is 11.4 Å². The molecule has 1 saturated heterocycles. The normalized spacial score (nSPS) is 22.0. The molecule has 1 N–H and O–H groups in total. The summed E-state index contributed by atoms with van der Waals surface area (Å²) in [4.78, 5) is 29.8. The van der Waals surface area contributed by atoms with E-state index in [1.54, 1.807) is 30.2 Å². The minimum absolute atomic E-state index is 0.116. The van der Waals surface area contributed by atoms with Crippen LogP contribution in [0.1, 0.15) is 42.2 Å². The molecule has 5 heteroatoms. The van der Waals surface area contributed by atoms with Gasteiger partial charge in [-0.25, -0.2) is 0 Å². The Morgan fingerprint density at radius 1 is 1.50 bits per heavy atom. The van der Waals surface area contributed by atoms with Crippen molar-refractivity contribution in [1.82, 2.24) is 9.88 Å². The fourth-order valence-electron chi connectivity index (χ4n) is 2.89. The number of pyridine rings is 1. The van der Waals surface area contributed by atoms with Crippen LogP contribution in [0, 0.1) is 12.3 Å². The molecular weight excluding hydrogens is 256 g/mol. The lowest BCUT2D eigenvalue weighted by Gasteiger charge is -2.24. The van der Waals surface area contributed by atoms with Crippen LogP contribution >= 0.6 is 0 Å². The van der Waals surface area contributed by atoms with Crippen molar-refractivity contribution >= 4 is 11.9 Å². The van der Waals surface area contributed by atoms with E-state index in [-0.39, 0.29) is 5.91 Å². The zero-order valence-electron chi connectivity index (χ0n) is 11.9. The van der Waals surface area contributed by atoms with Gasteiger partial charge in [0.05, 0.1) is 11.0 Å². The summed E-state index contributed by atoms with van der Waals surface area (Å²) < 4.78 is 0. The number of rotatable bonds is 4. The molecule has 20 heavy (non-hydrogen) atoms. The van der Waals surface area contributed by atoms with Gasteiger partial charge in [0.15, 0.2) is 0 Å². The zero-order valence-corrected chi connectivity index (χ0v) is 11.9. The van der Waals surface area contributed by atoms with Crippen molar-refractivity contribution < 1.29 is 14.7 Å². The number of carboxylic acid groups (broad SMARTS) is 1. The Morgan fingerprint density at radius 2 is 2.25 bits per heavy atom. The second-order valence-corrected chi connectivity index (χ2v) is 5.45. The molecule has 0 aromatic carbocycles. The fraction of sp³-hybridized carbons (Fsp3) is 0.533. The van der Waals surface area contributed by atoms with Gasteiger partial charge in [-0.15, -0.1) is 0 Å². The van der Waals surface area contributed by atoms with Gasteiger partial charge in [-0.3, -0.25) is 14.6 Å². The summed E-state index contributed by atoms with van der Waals surface area (Å²) in [6.07, 6.45) is 3.59. The summed E-state index contributed by atoms with van der Waals surface area (Å²) in [5.74, 6) is -0.910. The van der Waals surface area contributed by atoms with Crippen molar-refractivity contribution in [3.05, 3.63) is 29.6 Å². The maximum atomic E-state index is 12.5. The molecule has 5 nitrogen and oxygen atoms in total. The SMILES string of the molecule is CCCC1(C(=O)O)CCN(C(=O)c2cccnc2C)C1. The Bertz CT molecular complexity index is 530. The molecule has 1 aliphatic heterocycles. The van der Waals surface area contributed by atoms with Gasteiger partial charge < -0.3 is 10.0 Å². The number of amides is 1. The first-order chi connectivity index (χ1) is 9.50. The predicted molar refractivity (Wildman–Crippen MR) is 74.5 cm³/mol. The first-order valence-corrected chi connectivity index (χ1v) is 6.94. The molecule has 0 saturated carbocycles. The van der Waals surface area contributed by atoms with Gasteiger partial charge in [-0.05, 0) is 31.9 Å². The highest BCUT2D eigenvalue weighted by atomic mass is 16.4. The number of hydrogen-bond acceptors (Lipinski definition) is 3. The van der Waals surface area contributed by atoms with Crippen LogP contribution < -0.4 is 0 Å². The lowest BCUT2D eigenvalue weighted by Crippen LogP contribution is -2.37. The second kappa shape index (κ2) is 5.61. The van der Waals surface area contributed by atoms with Crippen LogP contribution in [-0.2, 0) is 4.79 Å². The van der Waals surface area contributed by atoms with Gasteiger partial charge in [0, 0.05) is 25.0 Å².